The second kappa shape index (κ2) is 10.3. The number of rotatable bonds is 9. The van der Waals surface area contributed by atoms with Crippen molar-refractivity contribution in [3.63, 3.8) is 0 Å². The number of nitrogens with zero attached hydrogens (tertiary/aromatic N) is 4. The SMILES string of the molecule is CC[C@@H](C)N1[C@@H]2OC(C3O[C@@H]4[C@H](O3)N([C@H](C)CC)S(=O)(=O)N4[C@H](C)CC)O[C@H]2N([C@@H](C)CC)S1(=O)=O. The summed E-state index contributed by atoms with van der Waals surface area (Å²) in [4.78, 5) is 0. The van der Waals surface area contributed by atoms with E-state index in [0.717, 1.165) is 0 Å². The van der Waals surface area contributed by atoms with Crippen molar-refractivity contribution in [1.82, 2.24) is 17.2 Å². The van der Waals surface area contributed by atoms with E-state index < -0.39 is 57.9 Å². The topological polar surface area (TPSA) is 118 Å². The highest BCUT2D eigenvalue weighted by Gasteiger charge is 2.65. The Labute approximate surface area is 216 Å². The molecule has 4 aliphatic heterocycles. The van der Waals surface area contributed by atoms with E-state index in [2.05, 4.69) is 0 Å². The summed E-state index contributed by atoms with van der Waals surface area (Å²) in [6.07, 6.45) is -3.00. The van der Waals surface area contributed by atoms with Crippen molar-refractivity contribution in [1.29, 1.82) is 0 Å². The van der Waals surface area contributed by atoms with Gasteiger partial charge < -0.3 is 18.9 Å². The van der Waals surface area contributed by atoms with E-state index in [0.29, 0.717) is 25.7 Å². The van der Waals surface area contributed by atoms with Gasteiger partial charge in [0.1, 0.15) is 0 Å². The minimum absolute atomic E-state index is 0.296. The first kappa shape index (κ1) is 28.6. The molecule has 4 aliphatic rings. The summed E-state index contributed by atoms with van der Waals surface area (Å²) in [5, 5.41) is 0. The Balaban J connectivity index is 1.62. The van der Waals surface area contributed by atoms with Crippen molar-refractivity contribution in [2.45, 2.75) is 143 Å². The van der Waals surface area contributed by atoms with Gasteiger partial charge in [-0.05, 0) is 53.4 Å². The van der Waals surface area contributed by atoms with Crippen LogP contribution in [0.2, 0.25) is 0 Å². The van der Waals surface area contributed by atoms with Crippen molar-refractivity contribution in [2.75, 3.05) is 0 Å². The maximum absolute atomic E-state index is 13.4. The molecule has 0 spiro atoms. The van der Waals surface area contributed by atoms with Crippen molar-refractivity contribution >= 4 is 20.4 Å². The lowest BCUT2D eigenvalue weighted by atomic mass is 10.2. The standard InChI is InChI=1S/C22H42N4O8S2/c1-9-13(5)23-17-18(24(14(6)10-2)35(23,27)28)32-21(31-17)22-33-19-20(34-22)26(16(8)12-4)36(29,30)25(19)15(7)11-3/h13-22H,9-12H2,1-8H3/t13-,14-,15-,16+,17-,18+,19-,20-,21?,22?/m1/s1. The van der Waals surface area contributed by atoms with E-state index in [4.69, 9.17) is 18.9 Å². The van der Waals surface area contributed by atoms with E-state index >= 15 is 0 Å². The zero-order valence-electron chi connectivity index (χ0n) is 22.5. The van der Waals surface area contributed by atoms with Gasteiger partial charge in [-0.1, -0.05) is 27.7 Å². The minimum Gasteiger partial charge on any atom is -0.324 e. The third kappa shape index (κ3) is 4.25. The zero-order chi connectivity index (χ0) is 26.7. The highest BCUT2D eigenvalue weighted by atomic mass is 32.2. The van der Waals surface area contributed by atoms with E-state index in [-0.39, 0.29) is 24.2 Å². The smallest absolute Gasteiger partial charge is 0.287 e. The largest absolute Gasteiger partial charge is 0.324 e. The van der Waals surface area contributed by atoms with Crippen LogP contribution >= 0.6 is 0 Å². The van der Waals surface area contributed by atoms with Crippen LogP contribution in [0.25, 0.3) is 0 Å². The molecule has 4 heterocycles. The van der Waals surface area contributed by atoms with Crippen LogP contribution in [0.3, 0.4) is 0 Å². The van der Waals surface area contributed by atoms with E-state index in [1.54, 1.807) is 0 Å². The number of hydrogen-bond acceptors (Lipinski definition) is 8. The van der Waals surface area contributed by atoms with Gasteiger partial charge >= 0.3 is 0 Å². The van der Waals surface area contributed by atoms with E-state index in [9.17, 15) is 16.8 Å². The zero-order valence-corrected chi connectivity index (χ0v) is 24.1. The first-order chi connectivity index (χ1) is 16.9. The van der Waals surface area contributed by atoms with E-state index in [1.807, 2.05) is 55.4 Å². The molecule has 2 unspecified atom stereocenters. The Bertz CT molecular complexity index is 870. The van der Waals surface area contributed by atoms with Crippen LogP contribution in [0.1, 0.15) is 81.1 Å². The predicted octanol–water partition coefficient (Wildman–Crippen LogP) is 1.96. The first-order valence-electron chi connectivity index (χ1n) is 13.1. The Hall–Kier alpha value is -0.420. The highest BCUT2D eigenvalue weighted by Crippen LogP contribution is 2.45. The van der Waals surface area contributed by atoms with Crippen LogP contribution < -0.4 is 0 Å². The maximum Gasteiger partial charge on any atom is 0.287 e. The lowest BCUT2D eigenvalue weighted by Gasteiger charge is -2.32. The molecular formula is C22H42N4O8S2. The fraction of sp³-hybridized carbons (Fsp3) is 1.00. The molecule has 0 aromatic rings. The summed E-state index contributed by atoms with van der Waals surface area (Å²) in [7, 11) is -7.59. The Kier molecular flexibility index (Phi) is 8.16. The number of hydrogen-bond donors (Lipinski definition) is 0. The van der Waals surface area contributed by atoms with Crippen LogP contribution in [0.5, 0.6) is 0 Å². The maximum atomic E-state index is 13.4. The van der Waals surface area contributed by atoms with Gasteiger partial charge in [-0.3, -0.25) is 0 Å². The molecule has 14 heteroatoms. The number of fused-ring (bicyclic) bond motifs is 2. The lowest BCUT2D eigenvalue weighted by Crippen LogP contribution is -2.48. The Morgan fingerprint density at radius 1 is 0.500 bits per heavy atom. The molecule has 0 N–H and O–H groups in total. The average Bonchev–Trinajstić information content (AvgIpc) is 3.52. The Morgan fingerprint density at radius 2 is 0.694 bits per heavy atom. The summed E-state index contributed by atoms with van der Waals surface area (Å²) in [6.45, 7) is 15.1. The van der Waals surface area contributed by atoms with Crippen LogP contribution in [-0.2, 0) is 39.4 Å². The third-order valence-electron chi connectivity index (χ3n) is 7.97. The fourth-order valence-electron chi connectivity index (χ4n) is 5.26. The van der Waals surface area contributed by atoms with Crippen molar-refractivity contribution in [3.8, 4) is 0 Å². The monoisotopic (exact) mass is 554 g/mol. The molecule has 210 valence electrons. The molecule has 0 radical (unpaired) electrons. The van der Waals surface area contributed by atoms with Crippen LogP contribution in [-0.4, -0.2) is 95.7 Å². The number of ether oxygens (including phenoxy) is 4. The molecule has 0 aliphatic carbocycles. The summed E-state index contributed by atoms with van der Waals surface area (Å²) in [5.74, 6) is 0. The van der Waals surface area contributed by atoms with Gasteiger partial charge in [0.25, 0.3) is 20.4 Å². The average molecular weight is 555 g/mol. The van der Waals surface area contributed by atoms with Gasteiger partial charge in [-0.15, -0.1) is 0 Å². The second-order valence-corrected chi connectivity index (χ2v) is 13.7. The minimum atomic E-state index is -3.79. The summed E-state index contributed by atoms with van der Waals surface area (Å²) >= 11 is 0. The lowest BCUT2D eigenvalue weighted by molar-refractivity contribution is -0.240. The van der Waals surface area contributed by atoms with Gasteiger partial charge in [0, 0.05) is 24.2 Å². The first-order valence-corrected chi connectivity index (χ1v) is 15.9. The molecule has 36 heavy (non-hydrogen) atoms. The molecule has 10 atom stereocenters. The van der Waals surface area contributed by atoms with Crippen LogP contribution in [0.4, 0.5) is 0 Å². The molecule has 0 saturated carbocycles. The van der Waals surface area contributed by atoms with Gasteiger partial charge in [0.15, 0.2) is 24.9 Å². The summed E-state index contributed by atoms with van der Waals surface area (Å²) < 4.78 is 83.9. The molecule has 12 nitrogen and oxygen atoms in total. The van der Waals surface area contributed by atoms with Gasteiger partial charge in [-0.25, -0.2) is 0 Å². The normalized spacial score (nSPS) is 40.2. The van der Waals surface area contributed by atoms with Crippen molar-refractivity contribution in [3.05, 3.63) is 0 Å². The molecule has 0 aromatic carbocycles. The molecule has 0 amide bonds. The van der Waals surface area contributed by atoms with Gasteiger partial charge in [-0.2, -0.15) is 34.1 Å². The third-order valence-corrected chi connectivity index (χ3v) is 12.4. The molecule has 0 aromatic heterocycles. The van der Waals surface area contributed by atoms with Crippen LogP contribution in [0, 0.1) is 0 Å². The van der Waals surface area contributed by atoms with Gasteiger partial charge in [0.2, 0.25) is 12.6 Å². The summed E-state index contributed by atoms with van der Waals surface area (Å²) in [5.41, 5.74) is 0. The molecular weight excluding hydrogens is 512 g/mol. The fourth-order valence-corrected chi connectivity index (χ4v) is 9.77. The quantitative estimate of drug-likeness (QED) is 0.425. The molecule has 0 bridgehead atoms. The van der Waals surface area contributed by atoms with Crippen molar-refractivity contribution in [2.24, 2.45) is 0 Å². The van der Waals surface area contributed by atoms with Crippen LogP contribution in [0.15, 0.2) is 0 Å². The molecule has 4 rings (SSSR count). The van der Waals surface area contributed by atoms with E-state index in [1.165, 1.54) is 17.2 Å². The van der Waals surface area contributed by atoms with Gasteiger partial charge in [0.05, 0.1) is 0 Å². The predicted molar refractivity (Wildman–Crippen MR) is 131 cm³/mol. The highest BCUT2D eigenvalue weighted by molar-refractivity contribution is 7.87. The molecule has 4 fully saturated rings. The second-order valence-electron chi connectivity index (χ2n) is 10.2. The van der Waals surface area contributed by atoms with Crippen molar-refractivity contribution < 1.29 is 35.8 Å². The summed E-state index contributed by atoms with van der Waals surface area (Å²) in [6, 6.07) is -1.18. The molecule has 4 saturated heterocycles. The Morgan fingerprint density at radius 3 is 0.861 bits per heavy atom.